The number of hydrogen-bond donors (Lipinski definition) is 7. The topological polar surface area (TPSA) is 178 Å². The molecule has 0 radical (unpaired) electrons. The van der Waals surface area contributed by atoms with Gasteiger partial charge in [-0.2, -0.15) is 0 Å². The lowest BCUT2D eigenvalue weighted by Gasteiger charge is -2.41. The van der Waals surface area contributed by atoms with Crippen molar-refractivity contribution in [1.82, 2.24) is 10.6 Å². The van der Waals surface area contributed by atoms with Crippen molar-refractivity contribution in [2.45, 2.75) is 127 Å². The zero-order valence-corrected chi connectivity index (χ0v) is 29.9. The Kier molecular flexibility index (Phi) is 18.2. The Hall–Kier alpha value is -2.56. The van der Waals surface area contributed by atoms with E-state index in [-0.39, 0.29) is 37.8 Å². The Morgan fingerprint density at radius 3 is 2.10 bits per heavy atom. The van der Waals surface area contributed by atoms with E-state index in [1.807, 2.05) is 0 Å². The number of ether oxygens (including phenoxy) is 2. The van der Waals surface area contributed by atoms with Gasteiger partial charge in [0.1, 0.15) is 30.5 Å². The summed E-state index contributed by atoms with van der Waals surface area (Å²) in [5, 5.41) is 57.3. The summed E-state index contributed by atoms with van der Waals surface area (Å²) < 4.78 is 38.5. The highest BCUT2D eigenvalue weighted by atomic mass is 79.9. The third-order valence-corrected chi connectivity index (χ3v) is 9.27. The van der Waals surface area contributed by atoms with Crippen LogP contribution in [0.25, 0.3) is 0 Å². The molecule has 1 aliphatic heterocycles. The molecule has 2 aromatic rings. The normalized spacial score (nSPS) is 22.5. The maximum Gasteiger partial charge on any atom is 0.224 e. The number of aliphatic hydroxyl groups is 5. The first-order chi connectivity index (χ1) is 23.8. The zero-order chi connectivity index (χ0) is 36.6. The first-order valence-electron chi connectivity index (χ1n) is 17.3. The van der Waals surface area contributed by atoms with E-state index in [9.17, 15) is 43.9 Å². The third kappa shape index (κ3) is 14.2. The van der Waals surface area contributed by atoms with Crippen molar-refractivity contribution < 1.29 is 53.4 Å². The number of carbonyl (C=O) groups is 2. The fraction of sp³-hybridized carbons (Fsp3) is 0.611. The maximum atomic E-state index is 13.3. The number of unbranched alkanes of at least 4 members (excludes halogenated alkanes) is 7. The van der Waals surface area contributed by atoms with E-state index in [4.69, 9.17) is 9.47 Å². The maximum absolute atomic E-state index is 13.3. The number of halogens is 3. The van der Waals surface area contributed by atoms with Crippen molar-refractivity contribution in [2.75, 3.05) is 13.2 Å². The van der Waals surface area contributed by atoms with Gasteiger partial charge in [0.05, 0.1) is 25.2 Å². The van der Waals surface area contributed by atoms with Crippen LogP contribution in [0.3, 0.4) is 0 Å². The molecule has 1 aliphatic rings. The van der Waals surface area contributed by atoms with Gasteiger partial charge in [-0.15, -0.1) is 0 Å². The van der Waals surface area contributed by atoms with E-state index in [0.29, 0.717) is 12.8 Å². The second kappa shape index (κ2) is 21.7. The largest absolute Gasteiger partial charge is 0.391 e. The number of nitrogens with one attached hydrogen (secondary N) is 2. The molecule has 7 N–H and O–H groups in total. The number of carbonyl (C=O) groups excluding carboxylic acids is 2. The number of rotatable bonds is 21. The summed E-state index contributed by atoms with van der Waals surface area (Å²) in [7, 11) is 0. The third-order valence-electron chi connectivity index (χ3n) is 8.74. The van der Waals surface area contributed by atoms with Gasteiger partial charge < -0.3 is 45.6 Å². The van der Waals surface area contributed by atoms with Crippen LogP contribution in [0.4, 0.5) is 8.78 Å². The van der Waals surface area contributed by atoms with Crippen LogP contribution in [0, 0.1) is 11.6 Å². The van der Waals surface area contributed by atoms with Gasteiger partial charge in [-0.3, -0.25) is 9.59 Å². The number of aryl methyl sites for hydroxylation is 1. The second-order valence-electron chi connectivity index (χ2n) is 12.9. The highest BCUT2D eigenvalue weighted by Gasteiger charge is 2.44. The molecule has 0 saturated carbocycles. The SMILES string of the molecule is C[C@@H](O)[C@@H](O)[C@H](COC1OC(CNC(=O)Cc2ccc(Br)cc2)C(O)C(O)C1O)NC(=O)CCCCCCCCCCc1ccc(F)c(F)c1. The molecule has 14 heteroatoms. The minimum atomic E-state index is -1.67. The summed E-state index contributed by atoms with van der Waals surface area (Å²) in [6, 6.07) is 10.1. The Labute approximate surface area is 300 Å². The highest BCUT2D eigenvalue weighted by molar-refractivity contribution is 9.10. The summed E-state index contributed by atoms with van der Waals surface area (Å²) in [5.41, 5.74) is 1.55. The van der Waals surface area contributed by atoms with Crippen molar-refractivity contribution in [2.24, 2.45) is 0 Å². The van der Waals surface area contributed by atoms with Crippen LogP contribution in [0.2, 0.25) is 0 Å². The minimum absolute atomic E-state index is 0.0751. The average Bonchev–Trinajstić information content (AvgIpc) is 3.08. The van der Waals surface area contributed by atoms with Gasteiger partial charge in [0.25, 0.3) is 0 Å². The molecule has 0 aromatic heterocycles. The first kappa shape index (κ1) is 41.9. The van der Waals surface area contributed by atoms with Crippen LogP contribution in [-0.2, 0) is 31.9 Å². The van der Waals surface area contributed by atoms with Crippen LogP contribution < -0.4 is 10.6 Å². The fourth-order valence-electron chi connectivity index (χ4n) is 5.70. The molecule has 280 valence electrons. The van der Waals surface area contributed by atoms with E-state index < -0.39 is 60.6 Å². The van der Waals surface area contributed by atoms with Crippen molar-refractivity contribution in [1.29, 1.82) is 0 Å². The summed E-state index contributed by atoms with van der Waals surface area (Å²) in [4.78, 5) is 25.2. The van der Waals surface area contributed by atoms with Gasteiger partial charge in [0.15, 0.2) is 17.9 Å². The predicted molar refractivity (Wildman–Crippen MR) is 185 cm³/mol. The molecule has 1 heterocycles. The van der Waals surface area contributed by atoms with Crippen LogP contribution in [0.1, 0.15) is 75.8 Å². The number of hydrogen-bond acceptors (Lipinski definition) is 9. The average molecular weight is 774 g/mol. The summed E-state index contributed by atoms with van der Waals surface area (Å²) >= 11 is 3.34. The molecule has 0 bridgehead atoms. The van der Waals surface area contributed by atoms with Gasteiger partial charge in [-0.25, -0.2) is 8.78 Å². The number of aliphatic hydroxyl groups excluding tert-OH is 5. The Balaban J connectivity index is 1.36. The molecule has 2 amide bonds. The Bertz CT molecular complexity index is 1320. The van der Waals surface area contributed by atoms with Crippen LogP contribution >= 0.6 is 15.9 Å². The molecule has 1 saturated heterocycles. The van der Waals surface area contributed by atoms with Crippen molar-refractivity contribution >= 4 is 27.7 Å². The van der Waals surface area contributed by atoms with Gasteiger partial charge in [-0.1, -0.05) is 72.7 Å². The molecule has 0 spiro atoms. The van der Waals surface area contributed by atoms with Gasteiger partial charge in [0, 0.05) is 17.4 Å². The smallest absolute Gasteiger partial charge is 0.224 e. The van der Waals surface area contributed by atoms with Crippen LogP contribution in [0.5, 0.6) is 0 Å². The first-order valence-corrected chi connectivity index (χ1v) is 18.1. The molecule has 11 nitrogen and oxygen atoms in total. The number of amides is 2. The highest BCUT2D eigenvalue weighted by Crippen LogP contribution is 2.23. The van der Waals surface area contributed by atoms with Gasteiger partial charge >= 0.3 is 0 Å². The monoisotopic (exact) mass is 772 g/mol. The Morgan fingerprint density at radius 2 is 1.46 bits per heavy atom. The molecular weight excluding hydrogens is 722 g/mol. The standard InChI is InChI=1S/C36H51BrF2N2O9/c1-22(42)32(45)28(41-30(43)11-9-7-5-3-2-4-6-8-10-23-14-17-26(38)27(39)18-23)21-49-36-35(48)34(47)33(46)29(50-36)20-40-31(44)19-24-12-15-25(37)16-13-24/h12-18,22,28-29,32-36,42,45-48H,2-11,19-21H2,1H3,(H,40,44)(H,41,43)/t22-,28+,29?,32-,33?,34?,35?,36?/m1/s1. The molecule has 5 unspecified atom stereocenters. The Morgan fingerprint density at radius 1 is 0.840 bits per heavy atom. The number of benzene rings is 2. The molecule has 8 atom stereocenters. The molecular formula is C36H51BrF2N2O9. The van der Waals surface area contributed by atoms with E-state index in [1.165, 1.54) is 13.0 Å². The van der Waals surface area contributed by atoms with E-state index in [1.54, 1.807) is 30.3 Å². The summed E-state index contributed by atoms with van der Waals surface area (Å²) in [5.74, 6) is -2.37. The lowest BCUT2D eigenvalue weighted by atomic mass is 9.98. The van der Waals surface area contributed by atoms with Crippen molar-refractivity contribution in [3.63, 3.8) is 0 Å². The molecule has 0 aliphatic carbocycles. The summed E-state index contributed by atoms with van der Waals surface area (Å²) in [6.07, 6.45) is -1.79. The van der Waals surface area contributed by atoms with E-state index in [2.05, 4.69) is 26.6 Å². The minimum Gasteiger partial charge on any atom is -0.391 e. The van der Waals surface area contributed by atoms with Crippen LogP contribution in [0.15, 0.2) is 46.9 Å². The predicted octanol–water partition coefficient (Wildman–Crippen LogP) is 3.19. The molecule has 3 rings (SSSR count). The fourth-order valence-corrected chi connectivity index (χ4v) is 5.96. The second-order valence-corrected chi connectivity index (χ2v) is 13.9. The van der Waals surface area contributed by atoms with E-state index >= 15 is 0 Å². The van der Waals surface area contributed by atoms with E-state index in [0.717, 1.165) is 66.6 Å². The quantitative estimate of drug-likeness (QED) is 0.0940. The lowest BCUT2D eigenvalue weighted by Crippen LogP contribution is -2.61. The molecule has 50 heavy (non-hydrogen) atoms. The lowest BCUT2D eigenvalue weighted by molar-refractivity contribution is -0.297. The van der Waals surface area contributed by atoms with Crippen molar-refractivity contribution in [3.05, 3.63) is 69.7 Å². The van der Waals surface area contributed by atoms with Crippen LogP contribution in [-0.4, -0.2) is 99.5 Å². The van der Waals surface area contributed by atoms with Gasteiger partial charge in [-0.05, 0) is 61.6 Å². The van der Waals surface area contributed by atoms with Crippen molar-refractivity contribution in [3.8, 4) is 0 Å². The zero-order valence-electron chi connectivity index (χ0n) is 28.4. The molecule has 2 aromatic carbocycles. The van der Waals surface area contributed by atoms with Gasteiger partial charge in [0.2, 0.25) is 11.8 Å². The summed E-state index contributed by atoms with van der Waals surface area (Å²) in [6.45, 7) is 0.781. The molecule has 1 fully saturated rings.